The lowest BCUT2D eigenvalue weighted by Crippen LogP contribution is -2.42. The van der Waals surface area contributed by atoms with Crippen LogP contribution in [0.15, 0.2) is 30.2 Å². The number of likely N-dealkylation sites (tertiary alicyclic amines) is 1. The molecule has 0 atom stereocenters. The minimum absolute atomic E-state index is 0.0224. The molecule has 1 aromatic heterocycles. The Morgan fingerprint density at radius 3 is 2.55 bits per heavy atom. The lowest BCUT2D eigenvalue weighted by molar-refractivity contribution is 0.188. The van der Waals surface area contributed by atoms with Gasteiger partial charge in [-0.2, -0.15) is 4.98 Å². The molecule has 0 radical (unpaired) electrons. The third-order valence-corrected chi connectivity index (χ3v) is 8.10. The molecule has 1 aliphatic rings. The smallest absolute Gasteiger partial charge is 0.229 e. The first kappa shape index (κ1) is 29.7. The summed E-state index contributed by atoms with van der Waals surface area (Å²) in [5.74, 6) is 1.28. The molecule has 2 heterocycles. The van der Waals surface area contributed by atoms with Crippen LogP contribution in [0.4, 0.5) is 17.5 Å². The fraction of sp³-hybridized carbons (Fsp3) is 0.500. The zero-order chi connectivity index (χ0) is 28.2. The first-order chi connectivity index (χ1) is 17.8. The van der Waals surface area contributed by atoms with Crippen LogP contribution < -0.4 is 20.7 Å². The van der Waals surface area contributed by atoms with Crippen molar-refractivity contribution in [1.29, 1.82) is 5.41 Å². The normalized spacial score (nSPS) is 14.9. The highest BCUT2D eigenvalue weighted by Gasteiger charge is 2.28. The lowest BCUT2D eigenvalue weighted by atomic mass is 9.88. The molecule has 12 heteroatoms. The third-order valence-electron chi connectivity index (χ3n) is 5.88. The average molecular weight is 564 g/mol. The number of nitrogens with one attached hydrogen (secondary N) is 4. The van der Waals surface area contributed by atoms with Gasteiger partial charge in [-0.1, -0.05) is 25.4 Å². The van der Waals surface area contributed by atoms with E-state index in [2.05, 4.69) is 50.9 Å². The van der Waals surface area contributed by atoms with E-state index in [1.807, 2.05) is 19.9 Å². The summed E-state index contributed by atoms with van der Waals surface area (Å²) in [7, 11) is -0.0959. The van der Waals surface area contributed by atoms with Gasteiger partial charge in [0.25, 0.3) is 0 Å². The Hall–Kier alpha value is -2.89. The Labute approximate surface area is 230 Å². The molecule has 4 N–H and O–H groups in total. The van der Waals surface area contributed by atoms with Gasteiger partial charge in [0.1, 0.15) is 10.8 Å². The van der Waals surface area contributed by atoms with Gasteiger partial charge in [0.2, 0.25) is 5.95 Å². The number of sulfone groups is 1. The highest BCUT2D eigenvalue weighted by atomic mass is 35.5. The van der Waals surface area contributed by atoms with Crippen molar-refractivity contribution in [3.05, 3.63) is 46.4 Å². The topological polar surface area (TPSA) is 132 Å². The molecule has 0 bridgehead atoms. The highest BCUT2D eigenvalue weighted by molar-refractivity contribution is 8.06. The van der Waals surface area contributed by atoms with Crippen LogP contribution in [0, 0.1) is 18.3 Å². The van der Waals surface area contributed by atoms with Crippen LogP contribution >= 0.6 is 11.6 Å². The summed E-state index contributed by atoms with van der Waals surface area (Å²) in [4.78, 5) is 11.1. The van der Waals surface area contributed by atoms with Crippen molar-refractivity contribution in [3.8, 4) is 5.75 Å². The number of hydrogen-bond donors (Lipinski definition) is 4. The molecule has 0 unspecified atom stereocenters. The van der Waals surface area contributed by atoms with Crippen LogP contribution in [0.25, 0.3) is 0 Å². The maximum absolute atomic E-state index is 12.7. The molecule has 0 spiro atoms. The summed E-state index contributed by atoms with van der Waals surface area (Å²) in [6, 6.07) is 4.11. The van der Waals surface area contributed by atoms with Crippen molar-refractivity contribution in [1.82, 2.24) is 20.2 Å². The average Bonchev–Trinajstić information content (AvgIpc) is 2.79. The second kappa shape index (κ2) is 12.3. The van der Waals surface area contributed by atoms with Crippen molar-refractivity contribution in [3.63, 3.8) is 0 Å². The number of benzene rings is 1. The number of nitrogens with zero attached hydrogens (tertiary/aromatic N) is 3. The third kappa shape index (κ3) is 7.36. The first-order valence-electron chi connectivity index (χ1n) is 12.6. The van der Waals surface area contributed by atoms with E-state index < -0.39 is 14.9 Å². The molecule has 1 saturated heterocycles. The number of anilines is 3. The van der Waals surface area contributed by atoms with Crippen LogP contribution in [-0.2, 0) is 9.84 Å². The molecule has 3 rings (SSSR count). The summed E-state index contributed by atoms with van der Waals surface area (Å²) >= 11 is 6.35. The second-order valence-electron chi connectivity index (χ2n) is 10.3. The fourth-order valence-corrected chi connectivity index (χ4v) is 5.87. The Bertz CT molecular complexity index is 1310. The van der Waals surface area contributed by atoms with Gasteiger partial charge in [0.15, 0.2) is 20.7 Å². The van der Waals surface area contributed by atoms with Crippen molar-refractivity contribution < 1.29 is 13.2 Å². The molecule has 0 amide bonds. The molecule has 10 nitrogen and oxygen atoms in total. The van der Waals surface area contributed by atoms with Gasteiger partial charge in [-0.3, -0.25) is 5.41 Å². The molecule has 2 aromatic rings. The van der Waals surface area contributed by atoms with Crippen LogP contribution in [-0.4, -0.2) is 67.4 Å². The summed E-state index contributed by atoms with van der Waals surface area (Å²) in [6.07, 6.45) is 2.77. The maximum atomic E-state index is 12.7. The fourth-order valence-electron chi connectivity index (χ4n) is 4.24. The number of likely N-dealkylation sites (N-methyl/N-ethyl adjacent to an activating group) is 1. The van der Waals surface area contributed by atoms with Gasteiger partial charge >= 0.3 is 0 Å². The molecule has 0 saturated carbocycles. The van der Waals surface area contributed by atoms with E-state index in [9.17, 15) is 8.42 Å². The van der Waals surface area contributed by atoms with Crippen LogP contribution in [0.2, 0.25) is 5.02 Å². The highest BCUT2D eigenvalue weighted by Crippen LogP contribution is 2.37. The van der Waals surface area contributed by atoms with E-state index in [4.69, 9.17) is 21.7 Å². The summed E-state index contributed by atoms with van der Waals surface area (Å²) in [5, 5.41) is 16.8. The monoisotopic (exact) mass is 563 g/mol. The van der Waals surface area contributed by atoms with Crippen LogP contribution in [0.1, 0.15) is 44.7 Å². The largest absolute Gasteiger partial charge is 0.489 e. The molecule has 1 fully saturated rings. The minimum Gasteiger partial charge on any atom is -0.489 e. The van der Waals surface area contributed by atoms with Crippen molar-refractivity contribution in [2.45, 2.75) is 46.6 Å². The van der Waals surface area contributed by atoms with Gasteiger partial charge in [-0.05, 0) is 57.0 Å². The predicted molar refractivity (Wildman–Crippen MR) is 155 cm³/mol. The number of aryl methyl sites for hydroxylation is 1. The van der Waals surface area contributed by atoms with Crippen molar-refractivity contribution in [2.24, 2.45) is 5.92 Å². The quantitative estimate of drug-likeness (QED) is 0.230. The van der Waals surface area contributed by atoms with Crippen LogP contribution in [0.3, 0.4) is 0 Å². The molecule has 1 aromatic carbocycles. The van der Waals surface area contributed by atoms with E-state index in [1.165, 1.54) is 18.0 Å². The predicted octanol–water partition coefficient (Wildman–Crippen LogP) is 4.52. The summed E-state index contributed by atoms with van der Waals surface area (Å²) in [6.45, 7) is 11.6. The summed E-state index contributed by atoms with van der Waals surface area (Å²) < 4.78 is 31.5. The number of aromatic nitrogens is 2. The summed E-state index contributed by atoms with van der Waals surface area (Å²) in [5.41, 5.74) is 3.12. The standard InChI is InChI=1S/C26H38ClN7O3S/c1-15(2)14-38(35,36)24(28)22(11-29-6)31-25-20(27)10-30-26(33-25)32-21-8-17(5)19(18-12-34(7)13-18)9-23(21)37-16(3)4/h8-11,15-16,18,28-29H,12-14H2,1-7H3,(H2,30,31,32,33)/b22-11+,28-24?. The van der Waals surface area contributed by atoms with Gasteiger partial charge in [0.05, 0.1) is 29.4 Å². The maximum Gasteiger partial charge on any atom is 0.229 e. The SMILES string of the molecule is CN/C=C(/Nc1nc(Nc2cc(C)c(C3CN(C)C3)cc2OC(C)C)ncc1Cl)C(=N)S(=O)(=O)CC(C)C. The first-order valence-corrected chi connectivity index (χ1v) is 14.6. The number of hydrogen-bond acceptors (Lipinski definition) is 10. The van der Waals surface area contributed by atoms with E-state index in [0.717, 1.165) is 18.7 Å². The number of ether oxygens (including phenoxy) is 1. The second-order valence-corrected chi connectivity index (χ2v) is 12.7. The van der Waals surface area contributed by atoms with E-state index in [0.29, 0.717) is 17.4 Å². The van der Waals surface area contributed by atoms with Gasteiger partial charge in [0, 0.05) is 32.3 Å². The lowest BCUT2D eigenvalue weighted by Gasteiger charge is -2.37. The Balaban J connectivity index is 1.91. The molecular formula is C26H38ClN7O3S. The molecule has 0 aliphatic carbocycles. The Morgan fingerprint density at radius 1 is 1.29 bits per heavy atom. The molecule has 208 valence electrons. The molecule has 38 heavy (non-hydrogen) atoms. The van der Waals surface area contributed by atoms with E-state index >= 15 is 0 Å². The van der Waals surface area contributed by atoms with Gasteiger partial charge < -0.3 is 25.6 Å². The Kier molecular flexibility index (Phi) is 9.61. The zero-order valence-electron chi connectivity index (χ0n) is 23.0. The van der Waals surface area contributed by atoms with Gasteiger partial charge in [-0.25, -0.2) is 13.4 Å². The Morgan fingerprint density at radius 2 is 1.97 bits per heavy atom. The number of rotatable bonds is 11. The minimum atomic E-state index is -3.82. The van der Waals surface area contributed by atoms with Crippen molar-refractivity contribution >= 4 is 43.9 Å². The van der Waals surface area contributed by atoms with Gasteiger partial charge in [-0.15, -0.1) is 0 Å². The van der Waals surface area contributed by atoms with Crippen molar-refractivity contribution in [2.75, 3.05) is 43.6 Å². The molecular weight excluding hydrogens is 526 g/mol. The molecule has 1 aliphatic heterocycles. The van der Waals surface area contributed by atoms with E-state index in [1.54, 1.807) is 20.9 Å². The van der Waals surface area contributed by atoms with E-state index in [-0.39, 0.29) is 40.3 Å². The number of halogens is 1. The van der Waals surface area contributed by atoms with Crippen LogP contribution in [0.5, 0.6) is 5.75 Å². The zero-order valence-corrected chi connectivity index (χ0v) is 24.6.